The lowest BCUT2D eigenvalue weighted by atomic mass is 9.89. The maximum absolute atomic E-state index is 11.8. The van der Waals surface area contributed by atoms with Crippen LogP contribution in [-0.2, 0) is 22.7 Å². The van der Waals surface area contributed by atoms with Gasteiger partial charge in [-0.15, -0.1) is 0 Å². The minimum atomic E-state index is -0.0959. The van der Waals surface area contributed by atoms with Gasteiger partial charge in [-0.05, 0) is 96.6 Å². The molecule has 0 atom stereocenters. The highest BCUT2D eigenvalue weighted by Gasteiger charge is 2.15. The van der Waals surface area contributed by atoms with Gasteiger partial charge in [0, 0.05) is 37.3 Å². The van der Waals surface area contributed by atoms with E-state index < -0.39 is 0 Å². The molecule has 4 aromatic rings. The number of benzene rings is 4. The van der Waals surface area contributed by atoms with Crippen molar-refractivity contribution in [3.63, 3.8) is 0 Å². The summed E-state index contributed by atoms with van der Waals surface area (Å²) in [6.07, 6.45) is 1.67. The van der Waals surface area contributed by atoms with E-state index in [2.05, 4.69) is 108 Å². The lowest BCUT2D eigenvalue weighted by Gasteiger charge is -2.19. The van der Waals surface area contributed by atoms with Gasteiger partial charge in [0.05, 0.1) is 0 Å². The maximum atomic E-state index is 11.8. The minimum Gasteiger partial charge on any atom is -0.352 e. The zero-order valence-corrected chi connectivity index (χ0v) is 25.7. The van der Waals surface area contributed by atoms with Crippen LogP contribution in [-0.4, -0.2) is 38.0 Å². The maximum Gasteiger partial charge on any atom is 0.246 e. The van der Waals surface area contributed by atoms with E-state index in [1.807, 2.05) is 0 Å². The van der Waals surface area contributed by atoms with Crippen LogP contribution in [0.2, 0.25) is 0 Å². The number of carbonyl (C=O) groups is 2. The van der Waals surface area contributed by atoms with Gasteiger partial charge in [0.1, 0.15) is 0 Å². The third-order valence-corrected chi connectivity index (χ3v) is 7.61. The Hall–Kier alpha value is -4.26. The molecule has 224 valence electrons. The number of hydrogen-bond acceptors (Lipinski definition) is 4. The summed E-state index contributed by atoms with van der Waals surface area (Å²) in [5, 5.41) is 18.0. The van der Waals surface area contributed by atoms with Gasteiger partial charge in [-0.25, -0.2) is 0 Å². The van der Waals surface area contributed by atoms with Gasteiger partial charge in [-0.3, -0.25) is 9.59 Å². The third-order valence-electron chi connectivity index (χ3n) is 7.61. The van der Waals surface area contributed by atoms with Crippen molar-refractivity contribution in [2.45, 2.75) is 46.7 Å². The molecule has 0 aliphatic rings. The monoisotopic (exact) mass is 576 g/mol. The molecular formula is C37H44N4O2. The summed E-state index contributed by atoms with van der Waals surface area (Å²) in [5.41, 5.74) is 7.25. The van der Waals surface area contributed by atoms with E-state index in [4.69, 9.17) is 0 Å². The molecule has 0 bridgehead atoms. The molecule has 0 unspecified atom stereocenters. The van der Waals surface area contributed by atoms with Crippen LogP contribution in [0.25, 0.3) is 32.7 Å². The summed E-state index contributed by atoms with van der Waals surface area (Å²) in [4.78, 5) is 23.6. The van der Waals surface area contributed by atoms with Crippen molar-refractivity contribution >= 4 is 33.4 Å². The first-order valence-corrected chi connectivity index (χ1v) is 15.1. The molecule has 0 saturated heterocycles. The Morgan fingerprint density at radius 1 is 0.605 bits per heavy atom. The van der Waals surface area contributed by atoms with Crippen LogP contribution in [0.15, 0.2) is 91.0 Å². The van der Waals surface area contributed by atoms with Crippen molar-refractivity contribution in [2.24, 2.45) is 0 Å². The van der Waals surface area contributed by atoms with Crippen molar-refractivity contribution in [1.29, 1.82) is 0 Å². The second-order valence-corrected chi connectivity index (χ2v) is 11.3. The largest absolute Gasteiger partial charge is 0.352 e. The number of nitrogens with one attached hydrogen (secondary N) is 4. The van der Waals surface area contributed by atoms with Crippen molar-refractivity contribution in [3.8, 4) is 11.1 Å². The van der Waals surface area contributed by atoms with E-state index in [1.54, 1.807) is 13.8 Å². The van der Waals surface area contributed by atoms with Gasteiger partial charge < -0.3 is 21.3 Å². The van der Waals surface area contributed by atoms with Gasteiger partial charge in [-0.1, -0.05) is 79.4 Å². The summed E-state index contributed by atoms with van der Waals surface area (Å²) < 4.78 is 0. The topological polar surface area (TPSA) is 82.3 Å². The van der Waals surface area contributed by atoms with Crippen LogP contribution in [0.4, 0.5) is 0 Å². The molecule has 6 nitrogen and oxygen atoms in total. The average Bonchev–Trinajstić information content (AvgIpc) is 3.00. The van der Waals surface area contributed by atoms with E-state index >= 15 is 0 Å². The molecule has 0 fully saturated rings. The van der Waals surface area contributed by atoms with Gasteiger partial charge in [0.25, 0.3) is 0 Å². The molecule has 0 aromatic heterocycles. The lowest BCUT2D eigenvalue weighted by molar-refractivity contribution is -0.118. The highest BCUT2D eigenvalue weighted by molar-refractivity contribution is 6.07. The molecular weight excluding hydrogens is 532 g/mol. The summed E-state index contributed by atoms with van der Waals surface area (Å²) in [5.74, 6) is -0.191. The van der Waals surface area contributed by atoms with E-state index in [0.717, 1.165) is 39.0 Å². The van der Waals surface area contributed by atoms with Crippen LogP contribution in [0, 0.1) is 6.92 Å². The van der Waals surface area contributed by atoms with Gasteiger partial charge in [-0.2, -0.15) is 0 Å². The first-order valence-electron chi connectivity index (χ1n) is 15.1. The van der Waals surface area contributed by atoms with Crippen LogP contribution in [0.3, 0.4) is 0 Å². The van der Waals surface area contributed by atoms with Crippen molar-refractivity contribution in [2.75, 3.05) is 26.2 Å². The van der Waals surface area contributed by atoms with Crippen LogP contribution in [0.1, 0.15) is 43.4 Å². The Morgan fingerprint density at radius 2 is 1.12 bits per heavy atom. The number of aryl methyl sites for hydroxylation is 1. The fourth-order valence-corrected chi connectivity index (χ4v) is 5.30. The fourth-order valence-electron chi connectivity index (χ4n) is 5.30. The number of carbonyl (C=O) groups excluding carboxylic acids is 2. The predicted octanol–water partition coefficient (Wildman–Crippen LogP) is 6.31. The third kappa shape index (κ3) is 8.40. The molecule has 43 heavy (non-hydrogen) atoms. The molecule has 6 heteroatoms. The second-order valence-electron chi connectivity index (χ2n) is 11.3. The number of rotatable bonds is 15. The normalized spacial score (nSPS) is 11.0. The smallest absolute Gasteiger partial charge is 0.246 e. The number of hydrogen-bond donors (Lipinski definition) is 4. The summed E-state index contributed by atoms with van der Waals surface area (Å²) in [6.45, 7) is 17.2. The lowest BCUT2D eigenvalue weighted by Crippen LogP contribution is -2.27. The zero-order valence-electron chi connectivity index (χ0n) is 25.7. The molecule has 0 saturated carbocycles. The van der Waals surface area contributed by atoms with Gasteiger partial charge >= 0.3 is 0 Å². The Kier molecular flexibility index (Phi) is 11.3. The molecule has 4 rings (SSSR count). The quantitative estimate of drug-likeness (QED) is 0.0759. The zero-order chi connectivity index (χ0) is 30.8. The molecule has 0 aliphatic carbocycles. The highest BCUT2D eigenvalue weighted by Crippen LogP contribution is 2.36. The van der Waals surface area contributed by atoms with E-state index in [-0.39, 0.29) is 11.8 Å². The molecule has 0 radical (unpaired) electrons. The molecule has 0 aliphatic heterocycles. The molecule has 4 N–H and O–H groups in total. The fraction of sp³-hybridized carbons (Fsp3) is 0.297. The minimum absolute atomic E-state index is 0.0952. The van der Waals surface area contributed by atoms with Crippen LogP contribution < -0.4 is 21.3 Å². The SMILES string of the molecule is C=C(C)C(=O)NCCCNCc1c2ccccc2c(CNCCCNC(=O)C(=C)C)c2cc(-c3cccc(C)c3)ccc12. The van der Waals surface area contributed by atoms with E-state index in [1.165, 1.54) is 49.4 Å². The molecule has 0 spiro atoms. The van der Waals surface area contributed by atoms with Crippen molar-refractivity contribution in [3.05, 3.63) is 108 Å². The highest BCUT2D eigenvalue weighted by atomic mass is 16.2. The van der Waals surface area contributed by atoms with E-state index in [0.29, 0.717) is 24.2 Å². The molecule has 4 aromatic carbocycles. The first-order chi connectivity index (χ1) is 20.8. The second kappa shape index (κ2) is 15.3. The molecule has 2 amide bonds. The van der Waals surface area contributed by atoms with Crippen molar-refractivity contribution in [1.82, 2.24) is 21.3 Å². The Morgan fingerprint density at radius 3 is 1.65 bits per heavy atom. The van der Waals surface area contributed by atoms with Gasteiger partial charge in [0.15, 0.2) is 0 Å². The van der Waals surface area contributed by atoms with Gasteiger partial charge in [0.2, 0.25) is 11.8 Å². The Balaban J connectivity index is 1.61. The number of amides is 2. The van der Waals surface area contributed by atoms with Crippen molar-refractivity contribution < 1.29 is 9.59 Å². The summed E-state index contributed by atoms with van der Waals surface area (Å²) in [7, 11) is 0. The standard InChI is InChI=1S/C37H44N4O2/c1-25(2)36(42)40-19-9-17-38-23-34-30-13-6-7-14-31(30)35(24-39-18-10-20-41-37(43)26(3)4)33-22-29(15-16-32(33)34)28-12-8-11-27(5)21-28/h6-8,11-16,21-22,38-39H,1,3,9-10,17-20,23-24H2,2,4-5H3,(H,40,42)(H,41,43). The number of fused-ring (bicyclic) bond motifs is 2. The first kappa shape index (κ1) is 31.7. The van der Waals surface area contributed by atoms with Crippen LogP contribution >= 0.6 is 0 Å². The summed E-state index contributed by atoms with van der Waals surface area (Å²) in [6, 6.07) is 24.1. The summed E-state index contributed by atoms with van der Waals surface area (Å²) >= 11 is 0. The predicted molar refractivity (Wildman–Crippen MR) is 180 cm³/mol. The van der Waals surface area contributed by atoms with E-state index in [9.17, 15) is 9.59 Å². The Labute approximate surface area is 255 Å². The average molecular weight is 577 g/mol. The molecule has 0 heterocycles. The Bertz CT molecular complexity index is 1640. The van der Waals surface area contributed by atoms with Crippen LogP contribution in [0.5, 0.6) is 0 Å².